The molecule has 1 unspecified atom stereocenters. The summed E-state index contributed by atoms with van der Waals surface area (Å²) < 4.78 is 0.871. The summed E-state index contributed by atoms with van der Waals surface area (Å²) in [5.41, 5.74) is 6.44. The summed E-state index contributed by atoms with van der Waals surface area (Å²) in [6, 6.07) is 2.05. The average Bonchev–Trinajstić information content (AvgIpc) is 2.21. The summed E-state index contributed by atoms with van der Waals surface area (Å²) in [6.45, 7) is 2.07. The van der Waals surface area contributed by atoms with Crippen LogP contribution in [0.4, 0.5) is 11.5 Å². The molecular weight excluding hydrogens is 254 g/mol. The minimum atomic E-state index is 0.228. The third-order valence-electron chi connectivity index (χ3n) is 2.08. The monoisotopic (exact) mass is 267 g/mol. The fourth-order valence-corrected chi connectivity index (χ4v) is 1.56. The average molecular weight is 268 g/mol. The van der Waals surface area contributed by atoms with Gasteiger partial charge in [-0.3, -0.25) is 0 Å². The normalized spacial score (nSPS) is 11.8. The predicted molar refractivity (Wildman–Crippen MR) is 67.5 cm³/mol. The Bertz CT molecular complexity index is 371. The lowest BCUT2D eigenvalue weighted by molar-refractivity contribution is 0.712. The zero-order chi connectivity index (χ0) is 11.3. The molecule has 0 spiro atoms. The quantitative estimate of drug-likeness (QED) is 0.825. The number of anilines is 2. The number of hydrogen-bond acceptors (Lipinski definition) is 3. The van der Waals surface area contributed by atoms with Crippen LogP contribution < -0.4 is 11.1 Å². The zero-order valence-electron chi connectivity index (χ0n) is 8.63. The van der Waals surface area contributed by atoms with Crippen molar-refractivity contribution in [2.24, 2.45) is 0 Å². The Kier molecular flexibility index (Phi) is 4.44. The molecular formula is C11H14BrN3. The first-order valence-electron chi connectivity index (χ1n) is 4.78. The molecule has 0 bridgehead atoms. The van der Waals surface area contributed by atoms with Gasteiger partial charge in [0.2, 0.25) is 0 Å². The molecule has 15 heavy (non-hydrogen) atoms. The molecule has 3 N–H and O–H groups in total. The molecule has 1 heterocycles. The molecule has 1 aromatic heterocycles. The maximum absolute atomic E-state index is 5.81. The van der Waals surface area contributed by atoms with Crippen molar-refractivity contribution in [1.29, 1.82) is 0 Å². The topological polar surface area (TPSA) is 50.9 Å². The van der Waals surface area contributed by atoms with Crippen molar-refractivity contribution >= 4 is 27.4 Å². The van der Waals surface area contributed by atoms with E-state index < -0.39 is 0 Å². The van der Waals surface area contributed by atoms with Crippen LogP contribution in [0.1, 0.15) is 19.8 Å². The number of nitrogens with one attached hydrogen (secondary N) is 1. The van der Waals surface area contributed by atoms with Crippen molar-refractivity contribution in [2.75, 3.05) is 11.1 Å². The number of rotatable bonds is 4. The van der Waals surface area contributed by atoms with Crippen LogP contribution in [-0.2, 0) is 0 Å². The summed E-state index contributed by atoms with van der Waals surface area (Å²) in [6.07, 6.45) is 8.60. The van der Waals surface area contributed by atoms with Crippen molar-refractivity contribution in [2.45, 2.75) is 25.8 Å². The minimum Gasteiger partial charge on any atom is -0.396 e. The number of hydrogen-bond donors (Lipinski definition) is 2. The molecule has 80 valence electrons. The van der Waals surface area contributed by atoms with Gasteiger partial charge in [-0.1, -0.05) is 6.92 Å². The van der Waals surface area contributed by atoms with Crippen LogP contribution in [0.3, 0.4) is 0 Å². The molecule has 0 amide bonds. The van der Waals surface area contributed by atoms with Gasteiger partial charge in [-0.15, -0.1) is 12.3 Å². The molecule has 0 aliphatic rings. The lowest BCUT2D eigenvalue weighted by atomic mass is 10.1. The number of nitrogen functional groups attached to an aromatic ring is 1. The van der Waals surface area contributed by atoms with Gasteiger partial charge in [0.05, 0.1) is 5.69 Å². The smallest absolute Gasteiger partial charge is 0.149 e. The molecule has 1 atom stereocenters. The molecule has 4 heteroatoms. The SMILES string of the molecule is C#CCC(CC)Nc1ncc(Br)cc1N. The summed E-state index contributed by atoms with van der Waals surface area (Å²) in [4.78, 5) is 4.20. The van der Waals surface area contributed by atoms with E-state index in [9.17, 15) is 0 Å². The van der Waals surface area contributed by atoms with Crippen LogP contribution in [0, 0.1) is 12.3 Å². The standard InChI is InChI=1S/C11H14BrN3/c1-3-5-9(4-2)15-11-10(13)6-8(12)7-14-11/h1,6-7,9H,4-5,13H2,2H3,(H,14,15). The van der Waals surface area contributed by atoms with Crippen LogP contribution in [0.5, 0.6) is 0 Å². The van der Waals surface area contributed by atoms with E-state index in [2.05, 4.69) is 39.1 Å². The molecule has 3 nitrogen and oxygen atoms in total. The van der Waals surface area contributed by atoms with Gasteiger partial charge < -0.3 is 11.1 Å². The molecule has 0 fully saturated rings. The van der Waals surface area contributed by atoms with Crippen molar-refractivity contribution in [3.63, 3.8) is 0 Å². The maximum Gasteiger partial charge on any atom is 0.149 e. The molecule has 1 rings (SSSR count). The second-order valence-corrected chi connectivity index (χ2v) is 4.16. The molecule has 0 saturated heterocycles. The van der Waals surface area contributed by atoms with Gasteiger partial charge in [0.25, 0.3) is 0 Å². The van der Waals surface area contributed by atoms with Gasteiger partial charge in [-0.2, -0.15) is 0 Å². The summed E-state index contributed by atoms with van der Waals surface area (Å²) >= 11 is 3.31. The van der Waals surface area contributed by atoms with Gasteiger partial charge in [0, 0.05) is 23.1 Å². The van der Waals surface area contributed by atoms with Gasteiger partial charge in [-0.05, 0) is 28.4 Å². The van der Waals surface area contributed by atoms with E-state index in [4.69, 9.17) is 12.2 Å². The number of nitrogens with two attached hydrogens (primary N) is 1. The highest BCUT2D eigenvalue weighted by Crippen LogP contribution is 2.21. The Morgan fingerprint density at radius 2 is 2.47 bits per heavy atom. The van der Waals surface area contributed by atoms with E-state index >= 15 is 0 Å². The lowest BCUT2D eigenvalue weighted by Crippen LogP contribution is -2.19. The number of terminal acetylenes is 1. The fraction of sp³-hybridized carbons (Fsp3) is 0.364. The van der Waals surface area contributed by atoms with Crippen molar-refractivity contribution in [1.82, 2.24) is 4.98 Å². The van der Waals surface area contributed by atoms with Crippen LogP contribution in [0.15, 0.2) is 16.7 Å². The second-order valence-electron chi connectivity index (χ2n) is 3.25. The van der Waals surface area contributed by atoms with Gasteiger partial charge >= 0.3 is 0 Å². The van der Waals surface area contributed by atoms with Crippen LogP contribution in [0.25, 0.3) is 0 Å². The molecule has 0 radical (unpaired) electrons. The Morgan fingerprint density at radius 3 is 3.00 bits per heavy atom. The van der Waals surface area contributed by atoms with Crippen molar-refractivity contribution in [3.05, 3.63) is 16.7 Å². The van der Waals surface area contributed by atoms with Crippen LogP contribution in [0.2, 0.25) is 0 Å². The summed E-state index contributed by atoms with van der Waals surface area (Å²) in [5.74, 6) is 3.32. The summed E-state index contributed by atoms with van der Waals surface area (Å²) in [5, 5.41) is 3.23. The van der Waals surface area contributed by atoms with E-state index in [1.807, 2.05) is 6.07 Å². The van der Waals surface area contributed by atoms with Crippen LogP contribution >= 0.6 is 15.9 Å². The van der Waals surface area contributed by atoms with Gasteiger partial charge in [-0.25, -0.2) is 4.98 Å². The number of pyridine rings is 1. The van der Waals surface area contributed by atoms with Crippen LogP contribution in [-0.4, -0.2) is 11.0 Å². The highest BCUT2D eigenvalue weighted by atomic mass is 79.9. The van der Waals surface area contributed by atoms with E-state index in [0.717, 1.165) is 10.9 Å². The largest absolute Gasteiger partial charge is 0.396 e. The third-order valence-corrected chi connectivity index (χ3v) is 2.52. The second kappa shape index (κ2) is 5.62. The molecule has 0 aliphatic heterocycles. The zero-order valence-corrected chi connectivity index (χ0v) is 10.2. The van der Waals surface area contributed by atoms with E-state index in [1.165, 1.54) is 0 Å². The van der Waals surface area contributed by atoms with E-state index in [0.29, 0.717) is 17.9 Å². The minimum absolute atomic E-state index is 0.228. The number of halogens is 1. The maximum atomic E-state index is 5.81. The Hall–Kier alpha value is -1.21. The third kappa shape index (κ3) is 3.45. The van der Waals surface area contributed by atoms with Gasteiger partial charge in [0.15, 0.2) is 0 Å². The van der Waals surface area contributed by atoms with E-state index in [-0.39, 0.29) is 6.04 Å². The lowest BCUT2D eigenvalue weighted by Gasteiger charge is -2.16. The Labute approximate surface area is 98.6 Å². The molecule has 0 aromatic carbocycles. The first-order chi connectivity index (χ1) is 7.17. The number of aromatic nitrogens is 1. The highest BCUT2D eigenvalue weighted by Gasteiger charge is 2.07. The fourth-order valence-electron chi connectivity index (χ4n) is 1.21. The Balaban J connectivity index is 2.75. The first-order valence-corrected chi connectivity index (χ1v) is 5.57. The van der Waals surface area contributed by atoms with Crippen molar-refractivity contribution < 1.29 is 0 Å². The summed E-state index contributed by atoms with van der Waals surface area (Å²) in [7, 11) is 0. The predicted octanol–water partition coefficient (Wildman–Crippen LogP) is 2.64. The number of nitrogens with zero attached hydrogens (tertiary/aromatic N) is 1. The molecule has 0 saturated carbocycles. The highest BCUT2D eigenvalue weighted by molar-refractivity contribution is 9.10. The first kappa shape index (κ1) is 11.9. The van der Waals surface area contributed by atoms with Gasteiger partial charge in [0.1, 0.15) is 5.82 Å². The van der Waals surface area contributed by atoms with Crippen molar-refractivity contribution in [3.8, 4) is 12.3 Å². The Morgan fingerprint density at radius 1 is 1.73 bits per heavy atom. The van der Waals surface area contributed by atoms with E-state index in [1.54, 1.807) is 6.20 Å². The molecule has 0 aliphatic carbocycles. The molecule has 1 aromatic rings.